The van der Waals surface area contributed by atoms with E-state index < -0.39 is 23.5 Å². The van der Waals surface area contributed by atoms with Gasteiger partial charge >= 0.3 is 12.4 Å². The van der Waals surface area contributed by atoms with Crippen LogP contribution in [-0.4, -0.2) is 24.4 Å². The maximum atomic E-state index is 12.5. The van der Waals surface area contributed by atoms with Gasteiger partial charge in [0.2, 0.25) is 12.7 Å². The molecule has 0 saturated heterocycles. The van der Waals surface area contributed by atoms with Crippen LogP contribution < -0.4 is 14.2 Å². The van der Waals surface area contributed by atoms with Gasteiger partial charge in [-0.3, -0.25) is 10.2 Å². The molecule has 0 fully saturated rings. The molecular formula is C29H21F6IrN8-3. The summed E-state index contributed by atoms with van der Waals surface area (Å²) in [5, 5.41) is 10.8. The van der Waals surface area contributed by atoms with Crippen molar-refractivity contribution in [3.63, 3.8) is 0 Å². The number of pyridine rings is 1. The molecule has 6 aromatic rings. The van der Waals surface area contributed by atoms with E-state index in [1.165, 1.54) is 21.3 Å². The molecule has 4 aromatic heterocycles. The number of hydrogen-bond acceptors (Lipinski definition) is 3. The van der Waals surface area contributed by atoms with E-state index in [4.69, 9.17) is 0 Å². The molecule has 0 saturated carbocycles. The number of aromatic nitrogens is 8. The zero-order valence-corrected chi connectivity index (χ0v) is 25.2. The van der Waals surface area contributed by atoms with Crippen molar-refractivity contribution in [1.29, 1.82) is 0 Å². The monoisotopic (exact) mass is 788 g/mol. The van der Waals surface area contributed by atoms with Crippen molar-refractivity contribution in [2.24, 2.45) is 14.1 Å². The van der Waals surface area contributed by atoms with E-state index in [0.717, 1.165) is 30.0 Å². The summed E-state index contributed by atoms with van der Waals surface area (Å²) in [6.45, 7) is 0. The van der Waals surface area contributed by atoms with E-state index in [0.29, 0.717) is 17.1 Å². The van der Waals surface area contributed by atoms with Gasteiger partial charge in [-0.1, -0.05) is 34.8 Å². The molecule has 44 heavy (non-hydrogen) atoms. The quantitative estimate of drug-likeness (QED) is 0.152. The summed E-state index contributed by atoms with van der Waals surface area (Å²) >= 11 is 0. The number of rotatable bonds is 3. The van der Waals surface area contributed by atoms with Crippen LogP contribution in [0.15, 0.2) is 91.8 Å². The fourth-order valence-electron chi connectivity index (χ4n) is 3.43. The molecule has 0 bridgehead atoms. The van der Waals surface area contributed by atoms with Gasteiger partial charge in [0.25, 0.3) is 0 Å². The Hall–Kier alpha value is -4.62. The molecule has 0 aliphatic carbocycles. The standard InChI is InChI=1S/2C11H8F3N2.C7H5N4.Ir/c2*1-15-5-6-16(8-15)10-4-2-3-9(7-10)11(12,13)14;1-2-4-8-6(3-1)7-5-9-11-10-7;/h2*2-3,5-7H,1H3;1-5H;/q3*-1;. The van der Waals surface area contributed by atoms with Gasteiger partial charge in [0.05, 0.1) is 19.8 Å². The van der Waals surface area contributed by atoms with Gasteiger partial charge in [-0.05, 0) is 17.8 Å². The Balaban J connectivity index is 0.000000181. The number of hydrogen-bond donors (Lipinski definition) is 0. The summed E-state index contributed by atoms with van der Waals surface area (Å²) in [6, 6.07) is 17.7. The Bertz CT molecular complexity index is 1630. The van der Waals surface area contributed by atoms with Gasteiger partial charge in [0, 0.05) is 51.1 Å². The fraction of sp³-hybridized carbons (Fsp3) is 0.138. The average molecular weight is 788 g/mol. The first kappa shape index (κ1) is 33.9. The molecule has 1 radical (unpaired) electrons. The number of alkyl halides is 6. The van der Waals surface area contributed by atoms with Gasteiger partial charge in [-0.2, -0.15) is 74.9 Å². The van der Waals surface area contributed by atoms with Crippen LogP contribution >= 0.6 is 0 Å². The van der Waals surface area contributed by atoms with Gasteiger partial charge < -0.3 is 28.5 Å². The summed E-state index contributed by atoms with van der Waals surface area (Å²) in [7, 11) is 3.48. The second-order valence-corrected chi connectivity index (χ2v) is 8.71. The van der Waals surface area contributed by atoms with Crippen LogP contribution in [0.25, 0.3) is 22.8 Å². The van der Waals surface area contributed by atoms with E-state index >= 15 is 0 Å². The van der Waals surface area contributed by atoms with Gasteiger partial charge in [-0.25, -0.2) is 0 Å². The first-order chi connectivity index (χ1) is 20.4. The molecule has 0 atom stereocenters. The molecule has 0 unspecified atom stereocenters. The maximum Gasteiger partial charge on any atom is 0.394 e. The molecule has 0 aliphatic heterocycles. The van der Waals surface area contributed by atoms with Crippen LogP contribution in [0.2, 0.25) is 0 Å². The van der Waals surface area contributed by atoms with Crippen molar-refractivity contribution < 1.29 is 55.6 Å². The summed E-state index contributed by atoms with van der Waals surface area (Å²) in [5.74, 6) is 0. The van der Waals surface area contributed by atoms with E-state index in [9.17, 15) is 26.3 Å². The van der Waals surface area contributed by atoms with E-state index in [1.54, 1.807) is 60.4 Å². The third-order valence-electron chi connectivity index (χ3n) is 5.47. The van der Waals surface area contributed by atoms with E-state index in [-0.39, 0.29) is 20.1 Å². The van der Waals surface area contributed by atoms with E-state index in [2.05, 4.69) is 45.2 Å². The van der Waals surface area contributed by atoms with Crippen LogP contribution in [0.5, 0.6) is 0 Å². The first-order valence-corrected chi connectivity index (χ1v) is 12.2. The minimum atomic E-state index is -4.33. The summed E-state index contributed by atoms with van der Waals surface area (Å²) in [5.41, 5.74) is 0.769. The van der Waals surface area contributed by atoms with Crippen molar-refractivity contribution in [1.82, 2.24) is 29.5 Å². The fourth-order valence-corrected chi connectivity index (χ4v) is 3.43. The molecule has 231 valence electrons. The SMILES string of the molecule is C[n+]1[c-]n(-c2[c-]ccc(C(F)(F)F)c2)cc1.C[n+]1[c-]n(-c2[c-]ccc(C(F)(F)F)c2)cc1.[Ir].c1ccc(-c2cnn[n-]2)nc1. The normalized spacial score (nSPS) is 11.0. The minimum Gasteiger partial charge on any atom is -0.358 e. The molecule has 4 heterocycles. The molecule has 8 nitrogen and oxygen atoms in total. The third kappa shape index (κ3) is 9.44. The Morgan fingerprint density at radius 2 is 1.30 bits per heavy atom. The number of nitrogens with zero attached hydrogens (tertiary/aromatic N) is 8. The Morgan fingerprint density at radius 1 is 0.773 bits per heavy atom. The van der Waals surface area contributed by atoms with Crippen molar-refractivity contribution in [2.45, 2.75) is 12.4 Å². The molecule has 0 amide bonds. The molecule has 15 heteroatoms. The van der Waals surface area contributed by atoms with Crippen LogP contribution in [0, 0.1) is 24.8 Å². The topological polar surface area (TPSA) is 70.4 Å². The first-order valence-electron chi connectivity index (χ1n) is 12.2. The van der Waals surface area contributed by atoms with Crippen molar-refractivity contribution in [3.8, 4) is 22.8 Å². The minimum absolute atomic E-state index is 0. The predicted octanol–water partition coefficient (Wildman–Crippen LogP) is 4.34. The molecule has 0 aliphatic rings. The molecule has 6 rings (SSSR count). The van der Waals surface area contributed by atoms with Crippen LogP contribution in [0.1, 0.15) is 11.1 Å². The van der Waals surface area contributed by atoms with Gasteiger partial charge in [0.1, 0.15) is 0 Å². The molecule has 0 N–H and O–H groups in total. The van der Waals surface area contributed by atoms with Crippen LogP contribution in [-0.2, 0) is 46.6 Å². The number of imidazole rings is 2. The molecular weight excluding hydrogens is 767 g/mol. The maximum absolute atomic E-state index is 12.5. The Kier molecular flexibility index (Phi) is 11.3. The Morgan fingerprint density at radius 3 is 1.66 bits per heavy atom. The third-order valence-corrected chi connectivity index (χ3v) is 5.47. The predicted molar refractivity (Wildman–Crippen MR) is 138 cm³/mol. The summed E-state index contributed by atoms with van der Waals surface area (Å²) in [4.78, 5) is 4.08. The van der Waals surface area contributed by atoms with Crippen LogP contribution in [0.3, 0.4) is 0 Å². The van der Waals surface area contributed by atoms with Crippen molar-refractivity contribution in [2.75, 3.05) is 0 Å². The molecule has 2 aromatic carbocycles. The van der Waals surface area contributed by atoms with Crippen molar-refractivity contribution >= 4 is 0 Å². The van der Waals surface area contributed by atoms with Crippen molar-refractivity contribution in [3.05, 3.63) is 128 Å². The largest absolute Gasteiger partial charge is 0.394 e. The number of halogens is 6. The van der Waals surface area contributed by atoms with Gasteiger partial charge in [-0.15, -0.1) is 0 Å². The second-order valence-electron chi connectivity index (χ2n) is 8.71. The Labute approximate surface area is 261 Å². The van der Waals surface area contributed by atoms with Gasteiger partial charge in [0.15, 0.2) is 0 Å². The summed E-state index contributed by atoms with van der Waals surface area (Å²) < 4.78 is 80.8. The number of aryl methyl sites for hydroxylation is 2. The van der Waals surface area contributed by atoms with E-state index in [1.807, 2.05) is 18.2 Å². The average Bonchev–Trinajstić information content (AvgIpc) is 3.77. The zero-order valence-electron chi connectivity index (χ0n) is 22.8. The smallest absolute Gasteiger partial charge is 0.358 e. The molecule has 0 spiro atoms. The number of benzene rings is 2. The second kappa shape index (κ2) is 14.7. The zero-order chi connectivity index (χ0) is 31.0. The summed E-state index contributed by atoms with van der Waals surface area (Å²) in [6.07, 6.45) is 6.85. The van der Waals surface area contributed by atoms with Crippen LogP contribution in [0.4, 0.5) is 26.3 Å².